The van der Waals surface area contributed by atoms with Gasteiger partial charge in [0.1, 0.15) is 0 Å². The first-order valence-electron chi connectivity index (χ1n) is 5.65. The Hall–Kier alpha value is -1.48. The molecule has 0 aliphatic carbocycles. The number of hydrogen-bond acceptors (Lipinski definition) is 2. The van der Waals surface area contributed by atoms with Crippen LogP contribution in [0.4, 0.5) is 5.69 Å². The van der Waals surface area contributed by atoms with E-state index in [1.807, 2.05) is 17.8 Å². The van der Waals surface area contributed by atoms with Crippen LogP contribution in [-0.4, -0.2) is 16.3 Å². The van der Waals surface area contributed by atoms with Gasteiger partial charge in [-0.15, -0.1) is 0 Å². The summed E-state index contributed by atoms with van der Waals surface area (Å²) >= 11 is 5.94. The third kappa shape index (κ3) is 3.24. The topological polar surface area (TPSA) is 29.9 Å². The fraction of sp³-hybridized carbons (Fsp3) is 0.308. The monoisotopic (exact) mass is 249 g/mol. The fourth-order valence-corrected chi connectivity index (χ4v) is 1.74. The molecule has 2 aromatic rings. The number of aryl methyl sites for hydroxylation is 2. The van der Waals surface area contributed by atoms with Gasteiger partial charge in [-0.05, 0) is 26.0 Å². The summed E-state index contributed by atoms with van der Waals surface area (Å²) in [6.07, 6.45) is 1.85. The Morgan fingerprint density at radius 1 is 1.24 bits per heavy atom. The van der Waals surface area contributed by atoms with Crippen LogP contribution in [0.2, 0.25) is 5.02 Å². The Morgan fingerprint density at radius 2 is 1.94 bits per heavy atom. The highest BCUT2D eigenvalue weighted by Gasteiger charge is 2.00. The van der Waals surface area contributed by atoms with Crippen LogP contribution in [0.5, 0.6) is 0 Å². The summed E-state index contributed by atoms with van der Waals surface area (Å²) in [5, 5.41) is 8.37. The maximum absolute atomic E-state index is 5.94. The molecule has 0 radical (unpaired) electrons. The van der Waals surface area contributed by atoms with Gasteiger partial charge in [0.05, 0.1) is 17.3 Å². The van der Waals surface area contributed by atoms with Crippen LogP contribution in [0.1, 0.15) is 11.3 Å². The summed E-state index contributed by atoms with van der Waals surface area (Å²) in [5.41, 5.74) is 3.28. The lowest BCUT2D eigenvalue weighted by Gasteiger charge is -2.06. The Labute approximate surface area is 106 Å². The van der Waals surface area contributed by atoms with Gasteiger partial charge in [-0.3, -0.25) is 4.68 Å². The van der Waals surface area contributed by atoms with E-state index in [0.717, 1.165) is 29.5 Å². The van der Waals surface area contributed by atoms with Crippen molar-refractivity contribution in [2.24, 2.45) is 0 Å². The number of benzene rings is 1. The SMILES string of the molecule is Cc1ccc(NCCn2cc(Cl)c(C)n2)cc1. The second-order valence-corrected chi connectivity index (χ2v) is 4.53. The minimum atomic E-state index is 0.723. The van der Waals surface area contributed by atoms with Crippen molar-refractivity contribution < 1.29 is 0 Å². The number of rotatable bonds is 4. The number of halogens is 1. The molecule has 0 bridgehead atoms. The number of anilines is 1. The predicted molar refractivity (Wildman–Crippen MR) is 71.6 cm³/mol. The van der Waals surface area contributed by atoms with E-state index in [0.29, 0.717) is 0 Å². The van der Waals surface area contributed by atoms with E-state index in [4.69, 9.17) is 11.6 Å². The zero-order chi connectivity index (χ0) is 12.3. The van der Waals surface area contributed by atoms with Crippen LogP contribution < -0.4 is 5.32 Å². The van der Waals surface area contributed by atoms with Crippen molar-refractivity contribution in [1.82, 2.24) is 9.78 Å². The van der Waals surface area contributed by atoms with Gasteiger partial charge in [-0.2, -0.15) is 5.10 Å². The maximum atomic E-state index is 5.94. The Morgan fingerprint density at radius 3 is 2.53 bits per heavy atom. The van der Waals surface area contributed by atoms with E-state index in [9.17, 15) is 0 Å². The Kier molecular flexibility index (Phi) is 3.69. The van der Waals surface area contributed by atoms with Crippen LogP contribution in [0.3, 0.4) is 0 Å². The average Bonchev–Trinajstić information content (AvgIpc) is 2.61. The van der Waals surface area contributed by atoms with Crippen molar-refractivity contribution in [2.75, 3.05) is 11.9 Å². The van der Waals surface area contributed by atoms with Gasteiger partial charge >= 0.3 is 0 Å². The van der Waals surface area contributed by atoms with Crippen LogP contribution in [-0.2, 0) is 6.54 Å². The molecule has 17 heavy (non-hydrogen) atoms. The molecule has 0 aliphatic rings. The van der Waals surface area contributed by atoms with Crippen molar-refractivity contribution in [1.29, 1.82) is 0 Å². The van der Waals surface area contributed by atoms with Crippen LogP contribution in [0, 0.1) is 13.8 Å². The van der Waals surface area contributed by atoms with Crippen molar-refractivity contribution in [3.05, 3.63) is 46.7 Å². The molecule has 1 aromatic carbocycles. The quantitative estimate of drug-likeness (QED) is 0.901. The lowest BCUT2D eigenvalue weighted by Crippen LogP contribution is -2.10. The molecular formula is C13H16ClN3. The van der Waals surface area contributed by atoms with Gasteiger partial charge in [0.2, 0.25) is 0 Å². The molecule has 0 saturated carbocycles. The largest absolute Gasteiger partial charge is 0.383 e. The van der Waals surface area contributed by atoms with E-state index in [1.54, 1.807) is 0 Å². The van der Waals surface area contributed by atoms with Gasteiger partial charge in [0.25, 0.3) is 0 Å². The first-order valence-corrected chi connectivity index (χ1v) is 6.03. The van der Waals surface area contributed by atoms with Crippen LogP contribution in [0.15, 0.2) is 30.5 Å². The second-order valence-electron chi connectivity index (χ2n) is 4.12. The summed E-state index contributed by atoms with van der Waals surface area (Å²) in [6, 6.07) is 8.35. The normalized spacial score (nSPS) is 10.5. The molecule has 0 saturated heterocycles. The van der Waals surface area contributed by atoms with Crippen LogP contribution in [0.25, 0.3) is 0 Å². The van der Waals surface area contributed by atoms with E-state index in [2.05, 4.69) is 41.6 Å². The van der Waals surface area contributed by atoms with Crippen LogP contribution >= 0.6 is 11.6 Å². The Bertz CT molecular complexity index is 468. The summed E-state index contributed by atoms with van der Waals surface area (Å²) in [7, 11) is 0. The molecule has 1 N–H and O–H groups in total. The molecule has 1 heterocycles. The van der Waals surface area contributed by atoms with Gasteiger partial charge in [0.15, 0.2) is 0 Å². The molecule has 0 spiro atoms. The molecule has 1 aromatic heterocycles. The number of aromatic nitrogens is 2. The minimum absolute atomic E-state index is 0.723. The van der Waals surface area contributed by atoms with Gasteiger partial charge in [0, 0.05) is 18.4 Å². The first kappa shape index (κ1) is 12.0. The number of nitrogens with zero attached hydrogens (tertiary/aromatic N) is 2. The molecule has 0 atom stereocenters. The second kappa shape index (κ2) is 5.23. The molecule has 3 nitrogen and oxygen atoms in total. The van der Waals surface area contributed by atoms with E-state index in [1.165, 1.54) is 5.56 Å². The van der Waals surface area contributed by atoms with Crippen molar-refractivity contribution in [3.8, 4) is 0 Å². The van der Waals surface area contributed by atoms with Gasteiger partial charge in [-0.25, -0.2) is 0 Å². The highest BCUT2D eigenvalue weighted by Crippen LogP contribution is 2.12. The Balaban J connectivity index is 1.85. The summed E-state index contributed by atoms with van der Waals surface area (Å²) in [5.74, 6) is 0. The molecule has 0 amide bonds. The molecular weight excluding hydrogens is 234 g/mol. The molecule has 0 aliphatic heterocycles. The summed E-state index contributed by atoms with van der Waals surface area (Å²) in [6.45, 7) is 5.63. The highest BCUT2D eigenvalue weighted by molar-refractivity contribution is 6.31. The predicted octanol–water partition coefficient (Wildman–Crippen LogP) is 3.27. The maximum Gasteiger partial charge on any atom is 0.0814 e. The van der Waals surface area contributed by atoms with Crippen molar-refractivity contribution >= 4 is 17.3 Å². The number of nitrogens with one attached hydrogen (secondary N) is 1. The van der Waals surface area contributed by atoms with Crippen molar-refractivity contribution in [2.45, 2.75) is 20.4 Å². The van der Waals surface area contributed by atoms with E-state index >= 15 is 0 Å². The third-order valence-corrected chi connectivity index (χ3v) is 2.98. The van der Waals surface area contributed by atoms with E-state index < -0.39 is 0 Å². The zero-order valence-corrected chi connectivity index (χ0v) is 10.8. The smallest absolute Gasteiger partial charge is 0.0814 e. The first-order chi connectivity index (χ1) is 8.15. The average molecular weight is 250 g/mol. The molecule has 0 unspecified atom stereocenters. The lowest BCUT2D eigenvalue weighted by atomic mass is 10.2. The molecule has 0 fully saturated rings. The lowest BCUT2D eigenvalue weighted by molar-refractivity contribution is 0.632. The van der Waals surface area contributed by atoms with Crippen molar-refractivity contribution in [3.63, 3.8) is 0 Å². The fourth-order valence-electron chi connectivity index (χ4n) is 1.59. The standard InChI is InChI=1S/C13H16ClN3/c1-10-3-5-12(6-4-10)15-7-8-17-9-13(14)11(2)16-17/h3-6,9,15H,7-8H2,1-2H3. The zero-order valence-electron chi connectivity index (χ0n) is 10.1. The molecule has 90 valence electrons. The van der Waals surface area contributed by atoms with Gasteiger partial charge in [-0.1, -0.05) is 29.3 Å². The van der Waals surface area contributed by atoms with E-state index in [-0.39, 0.29) is 0 Å². The highest BCUT2D eigenvalue weighted by atomic mass is 35.5. The summed E-state index contributed by atoms with van der Waals surface area (Å²) < 4.78 is 1.86. The molecule has 2 rings (SSSR count). The third-order valence-electron chi connectivity index (χ3n) is 2.61. The molecule has 4 heteroatoms. The minimum Gasteiger partial charge on any atom is -0.383 e. The van der Waals surface area contributed by atoms with Gasteiger partial charge < -0.3 is 5.32 Å². The summed E-state index contributed by atoms with van der Waals surface area (Å²) in [4.78, 5) is 0. The number of hydrogen-bond donors (Lipinski definition) is 1.